The highest BCUT2D eigenvalue weighted by atomic mass is 32.2. The van der Waals surface area contributed by atoms with Gasteiger partial charge >= 0.3 is 0 Å². The Balaban J connectivity index is 2.17. The Hall–Kier alpha value is -0.910. The molecule has 0 amide bonds. The second kappa shape index (κ2) is 6.50. The zero-order valence-corrected chi connectivity index (χ0v) is 12.2. The van der Waals surface area contributed by atoms with Crippen molar-refractivity contribution < 1.29 is 8.42 Å². The maximum absolute atomic E-state index is 12.6. The van der Waals surface area contributed by atoms with Crippen molar-refractivity contribution in [3.05, 3.63) is 30.3 Å². The Morgan fingerprint density at radius 2 is 2.05 bits per heavy atom. The van der Waals surface area contributed by atoms with Crippen LogP contribution in [0.1, 0.15) is 26.2 Å². The first-order valence-electron chi connectivity index (χ1n) is 6.93. The SMILES string of the molecule is CCCN(CC1CCCN1)S(=O)(=O)c1ccccc1. The Labute approximate surface area is 115 Å². The van der Waals surface area contributed by atoms with Gasteiger partial charge in [0.05, 0.1) is 4.90 Å². The second-order valence-corrected chi connectivity index (χ2v) is 6.91. The summed E-state index contributed by atoms with van der Waals surface area (Å²) in [5.74, 6) is 0. The molecular formula is C14H22N2O2S. The molecule has 0 bridgehead atoms. The van der Waals surface area contributed by atoms with E-state index in [0.717, 1.165) is 25.8 Å². The predicted molar refractivity (Wildman–Crippen MR) is 76.5 cm³/mol. The highest BCUT2D eigenvalue weighted by molar-refractivity contribution is 7.89. The fourth-order valence-corrected chi connectivity index (χ4v) is 4.06. The van der Waals surface area contributed by atoms with Gasteiger partial charge in [0, 0.05) is 19.1 Å². The topological polar surface area (TPSA) is 49.4 Å². The van der Waals surface area contributed by atoms with E-state index in [4.69, 9.17) is 0 Å². The van der Waals surface area contributed by atoms with Gasteiger partial charge in [-0.1, -0.05) is 25.1 Å². The van der Waals surface area contributed by atoms with Crippen molar-refractivity contribution in [1.29, 1.82) is 0 Å². The van der Waals surface area contributed by atoms with E-state index in [9.17, 15) is 8.42 Å². The largest absolute Gasteiger partial charge is 0.313 e. The monoisotopic (exact) mass is 282 g/mol. The normalized spacial score (nSPS) is 20.0. The third kappa shape index (κ3) is 3.55. The van der Waals surface area contributed by atoms with Crippen LogP contribution in [0.3, 0.4) is 0 Å². The molecule has 5 heteroatoms. The van der Waals surface area contributed by atoms with Crippen molar-refractivity contribution >= 4 is 10.0 Å². The maximum atomic E-state index is 12.6. The molecule has 106 valence electrons. The molecule has 1 unspecified atom stereocenters. The first-order valence-corrected chi connectivity index (χ1v) is 8.37. The summed E-state index contributed by atoms with van der Waals surface area (Å²) < 4.78 is 26.8. The van der Waals surface area contributed by atoms with Crippen molar-refractivity contribution in [2.45, 2.75) is 37.1 Å². The van der Waals surface area contributed by atoms with Gasteiger partial charge in [-0.15, -0.1) is 0 Å². The molecule has 1 aliphatic rings. The average Bonchev–Trinajstić information content (AvgIpc) is 2.92. The third-order valence-corrected chi connectivity index (χ3v) is 5.32. The molecule has 0 spiro atoms. The molecule has 1 saturated heterocycles. The summed E-state index contributed by atoms with van der Waals surface area (Å²) in [5.41, 5.74) is 0. The lowest BCUT2D eigenvalue weighted by Gasteiger charge is -2.24. The maximum Gasteiger partial charge on any atom is 0.243 e. The van der Waals surface area contributed by atoms with Crippen LogP contribution in [-0.2, 0) is 10.0 Å². The molecule has 2 rings (SSSR count). The van der Waals surface area contributed by atoms with Gasteiger partial charge in [0.15, 0.2) is 0 Å². The molecule has 1 aromatic rings. The zero-order valence-electron chi connectivity index (χ0n) is 11.4. The van der Waals surface area contributed by atoms with E-state index >= 15 is 0 Å². The lowest BCUT2D eigenvalue weighted by molar-refractivity contribution is 0.369. The van der Waals surface area contributed by atoms with Gasteiger partial charge in [-0.05, 0) is 37.9 Å². The molecule has 19 heavy (non-hydrogen) atoms. The first-order chi connectivity index (χ1) is 9.14. The number of hydrogen-bond acceptors (Lipinski definition) is 3. The summed E-state index contributed by atoms with van der Waals surface area (Å²) >= 11 is 0. The predicted octanol–water partition coefficient (Wildman–Crippen LogP) is 1.84. The lowest BCUT2D eigenvalue weighted by Crippen LogP contribution is -2.41. The van der Waals surface area contributed by atoms with Crippen molar-refractivity contribution in [2.24, 2.45) is 0 Å². The summed E-state index contributed by atoms with van der Waals surface area (Å²) in [5, 5.41) is 3.36. The summed E-state index contributed by atoms with van der Waals surface area (Å²) in [6.07, 6.45) is 3.03. The number of sulfonamides is 1. The number of rotatable bonds is 6. The van der Waals surface area contributed by atoms with E-state index in [0.29, 0.717) is 24.0 Å². The van der Waals surface area contributed by atoms with Crippen molar-refractivity contribution in [2.75, 3.05) is 19.6 Å². The van der Waals surface area contributed by atoms with Gasteiger partial charge in [-0.2, -0.15) is 4.31 Å². The Morgan fingerprint density at radius 1 is 1.32 bits per heavy atom. The van der Waals surface area contributed by atoms with Crippen LogP contribution < -0.4 is 5.32 Å². The zero-order chi connectivity index (χ0) is 13.7. The van der Waals surface area contributed by atoms with E-state index in [2.05, 4.69) is 5.32 Å². The molecule has 1 atom stereocenters. The molecule has 0 radical (unpaired) electrons. The smallest absolute Gasteiger partial charge is 0.243 e. The van der Waals surface area contributed by atoms with E-state index < -0.39 is 10.0 Å². The van der Waals surface area contributed by atoms with Gasteiger partial charge in [-0.3, -0.25) is 0 Å². The van der Waals surface area contributed by atoms with Crippen LogP contribution >= 0.6 is 0 Å². The summed E-state index contributed by atoms with van der Waals surface area (Å²) in [7, 11) is -3.36. The number of hydrogen-bond donors (Lipinski definition) is 1. The van der Waals surface area contributed by atoms with Gasteiger partial charge < -0.3 is 5.32 Å². The first kappa shape index (κ1) is 14.5. The number of benzene rings is 1. The van der Waals surface area contributed by atoms with Crippen LogP contribution in [0.4, 0.5) is 0 Å². The third-order valence-electron chi connectivity index (χ3n) is 3.44. The molecule has 1 aliphatic heterocycles. The van der Waals surface area contributed by atoms with Crippen LogP contribution in [0, 0.1) is 0 Å². The quantitative estimate of drug-likeness (QED) is 0.866. The van der Waals surface area contributed by atoms with Crippen LogP contribution in [0.15, 0.2) is 35.2 Å². The Kier molecular flexibility index (Phi) is 4.96. The van der Waals surface area contributed by atoms with Crippen molar-refractivity contribution in [3.8, 4) is 0 Å². The Morgan fingerprint density at radius 3 is 2.63 bits per heavy atom. The highest BCUT2D eigenvalue weighted by Crippen LogP contribution is 2.17. The minimum Gasteiger partial charge on any atom is -0.313 e. The average molecular weight is 282 g/mol. The fraction of sp³-hybridized carbons (Fsp3) is 0.571. The van der Waals surface area contributed by atoms with Crippen LogP contribution in [0.2, 0.25) is 0 Å². The van der Waals surface area contributed by atoms with Crippen molar-refractivity contribution in [3.63, 3.8) is 0 Å². The van der Waals surface area contributed by atoms with Crippen LogP contribution in [-0.4, -0.2) is 38.4 Å². The molecule has 1 aromatic carbocycles. The minimum atomic E-state index is -3.36. The van der Waals surface area contributed by atoms with Crippen LogP contribution in [0.5, 0.6) is 0 Å². The summed E-state index contributed by atoms with van der Waals surface area (Å²) in [6.45, 7) is 4.16. The van der Waals surface area contributed by atoms with Crippen molar-refractivity contribution in [1.82, 2.24) is 9.62 Å². The molecule has 0 saturated carbocycles. The van der Waals surface area contributed by atoms with E-state index in [-0.39, 0.29) is 0 Å². The second-order valence-electron chi connectivity index (χ2n) is 4.97. The van der Waals surface area contributed by atoms with Crippen LogP contribution in [0.25, 0.3) is 0 Å². The van der Waals surface area contributed by atoms with E-state index in [1.54, 1.807) is 28.6 Å². The Bertz CT molecular complexity index is 481. The molecule has 1 fully saturated rings. The molecular weight excluding hydrogens is 260 g/mol. The molecule has 0 aromatic heterocycles. The number of nitrogens with one attached hydrogen (secondary N) is 1. The van der Waals surface area contributed by atoms with Gasteiger partial charge in [0.1, 0.15) is 0 Å². The summed E-state index contributed by atoms with van der Waals surface area (Å²) in [4.78, 5) is 0.390. The van der Waals surface area contributed by atoms with Gasteiger partial charge in [-0.25, -0.2) is 8.42 Å². The molecule has 1 N–H and O–H groups in total. The standard InChI is InChI=1S/C14H22N2O2S/c1-2-11-16(12-13-7-6-10-15-13)19(17,18)14-8-4-3-5-9-14/h3-5,8-9,13,15H,2,6-7,10-12H2,1H3. The molecule has 1 heterocycles. The van der Waals surface area contributed by atoms with E-state index in [1.165, 1.54) is 0 Å². The minimum absolute atomic E-state index is 0.296. The summed E-state index contributed by atoms with van der Waals surface area (Å²) in [6, 6.07) is 9.00. The van der Waals surface area contributed by atoms with E-state index in [1.807, 2.05) is 13.0 Å². The highest BCUT2D eigenvalue weighted by Gasteiger charge is 2.27. The number of nitrogens with zero attached hydrogens (tertiary/aromatic N) is 1. The van der Waals surface area contributed by atoms with Gasteiger partial charge in [0.2, 0.25) is 10.0 Å². The lowest BCUT2D eigenvalue weighted by atomic mass is 10.2. The fourth-order valence-electron chi connectivity index (χ4n) is 2.46. The molecule has 0 aliphatic carbocycles. The van der Waals surface area contributed by atoms with Gasteiger partial charge in [0.25, 0.3) is 0 Å². The molecule has 4 nitrogen and oxygen atoms in total.